The molecule has 9 nitrogen and oxygen atoms in total. The van der Waals surface area contributed by atoms with Crippen LogP contribution in [0.15, 0.2) is 71.7 Å². The van der Waals surface area contributed by atoms with E-state index in [1.54, 1.807) is 53.2 Å². The number of hydrogen-bond acceptors (Lipinski definition) is 6. The van der Waals surface area contributed by atoms with Gasteiger partial charge < -0.3 is 0 Å². The third-order valence-corrected chi connectivity index (χ3v) is 11.1. The highest BCUT2D eigenvalue weighted by molar-refractivity contribution is 7.89. The quantitative estimate of drug-likeness (QED) is 0.264. The van der Waals surface area contributed by atoms with Gasteiger partial charge >= 0.3 is 0 Å². The van der Waals surface area contributed by atoms with E-state index in [1.165, 1.54) is 22.6 Å². The van der Waals surface area contributed by atoms with Crippen LogP contribution in [0.3, 0.4) is 0 Å². The van der Waals surface area contributed by atoms with E-state index in [2.05, 4.69) is 15.2 Å². The largest absolute Gasteiger partial charge is 0.291 e. The maximum absolute atomic E-state index is 14.5. The van der Waals surface area contributed by atoms with Crippen LogP contribution in [0.25, 0.3) is 11.8 Å². The Morgan fingerprint density at radius 1 is 1.12 bits per heavy atom. The van der Waals surface area contributed by atoms with Gasteiger partial charge in [0.05, 0.1) is 29.2 Å². The SMILES string of the molecule is Cc1ccnc(C(=O)[C@]23Cc4cnn(-c5ccc(F)cc5)c4C=C2CC[C@H](N(C)S(=O)(=O)c2cnn(CC4CC4)c2)C3)c1. The van der Waals surface area contributed by atoms with E-state index in [0.717, 1.165) is 47.5 Å². The van der Waals surface area contributed by atoms with Crippen molar-refractivity contribution in [3.63, 3.8) is 0 Å². The molecule has 0 radical (unpaired) electrons. The molecule has 3 aromatic heterocycles. The molecule has 4 aromatic rings. The Hall–Kier alpha value is -3.96. The Morgan fingerprint density at radius 2 is 1.91 bits per heavy atom. The lowest BCUT2D eigenvalue weighted by molar-refractivity contribution is 0.0747. The Bertz CT molecular complexity index is 1860. The fraction of sp³-hybridized carbons (Fsp3) is 0.375. The van der Waals surface area contributed by atoms with Crippen LogP contribution < -0.4 is 0 Å². The fourth-order valence-corrected chi connectivity index (χ4v) is 7.93. The number of fused-ring (bicyclic) bond motifs is 2. The second kappa shape index (κ2) is 10.3. The molecule has 0 N–H and O–H groups in total. The first-order valence-electron chi connectivity index (χ1n) is 14.7. The predicted molar refractivity (Wildman–Crippen MR) is 158 cm³/mol. The summed E-state index contributed by atoms with van der Waals surface area (Å²) in [6.07, 6.45) is 12.5. The topological polar surface area (TPSA) is 103 Å². The molecule has 2 saturated carbocycles. The third kappa shape index (κ3) is 4.94. The van der Waals surface area contributed by atoms with E-state index in [1.807, 2.05) is 19.1 Å². The van der Waals surface area contributed by atoms with Crippen LogP contribution in [-0.2, 0) is 23.0 Å². The van der Waals surface area contributed by atoms with Gasteiger partial charge in [-0.15, -0.1) is 0 Å². The first-order chi connectivity index (χ1) is 20.6. The molecule has 3 heterocycles. The molecule has 0 aliphatic heterocycles. The molecule has 7 rings (SSSR count). The van der Waals surface area contributed by atoms with E-state index < -0.39 is 21.5 Å². The van der Waals surface area contributed by atoms with Crippen molar-refractivity contribution in [2.24, 2.45) is 11.3 Å². The summed E-state index contributed by atoms with van der Waals surface area (Å²) in [6, 6.07) is 9.38. The molecule has 11 heteroatoms. The van der Waals surface area contributed by atoms with Crippen LogP contribution in [0.1, 0.15) is 59.4 Å². The molecule has 2 fully saturated rings. The number of Topliss-reactive ketones (excluding diaryl/α,β-unsaturated/α-hetero) is 1. The van der Waals surface area contributed by atoms with E-state index >= 15 is 0 Å². The summed E-state index contributed by atoms with van der Waals surface area (Å²) in [6.45, 7) is 2.65. The molecule has 3 aliphatic carbocycles. The summed E-state index contributed by atoms with van der Waals surface area (Å²) in [5.74, 6) is 0.128. The Kier molecular flexibility index (Phi) is 6.70. The molecule has 0 spiro atoms. The molecular weight excluding hydrogens is 567 g/mol. The molecule has 1 aromatic carbocycles. The Labute approximate surface area is 250 Å². The number of carbonyl (C=O) groups excluding carboxylic acids is 1. The zero-order valence-corrected chi connectivity index (χ0v) is 25.0. The third-order valence-electron chi connectivity index (χ3n) is 9.23. The summed E-state index contributed by atoms with van der Waals surface area (Å²) in [5, 5.41) is 8.91. The normalized spacial score (nSPS) is 21.8. The molecule has 0 bridgehead atoms. The second-order valence-electron chi connectivity index (χ2n) is 12.2. The van der Waals surface area contributed by atoms with Crippen molar-refractivity contribution >= 4 is 21.9 Å². The molecule has 222 valence electrons. The van der Waals surface area contributed by atoms with Crippen molar-refractivity contribution in [2.75, 3.05) is 7.05 Å². The van der Waals surface area contributed by atoms with Gasteiger partial charge in [-0.2, -0.15) is 14.5 Å². The number of hydrogen-bond donors (Lipinski definition) is 0. The van der Waals surface area contributed by atoms with Crippen LogP contribution >= 0.6 is 0 Å². The number of allylic oxidation sites excluding steroid dienone is 1. The van der Waals surface area contributed by atoms with Crippen LogP contribution in [0, 0.1) is 24.1 Å². The highest BCUT2D eigenvalue weighted by atomic mass is 32.2. The van der Waals surface area contributed by atoms with Crippen LogP contribution in [0.2, 0.25) is 0 Å². The van der Waals surface area contributed by atoms with Crippen LogP contribution in [0.4, 0.5) is 4.39 Å². The molecule has 0 unspecified atom stereocenters. The van der Waals surface area contributed by atoms with Crippen molar-refractivity contribution in [3.05, 3.63) is 95.1 Å². The van der Waals surface area contributed by atoms with Gasteiger partial charge in [-0.3, -0.25) is 14.5 Å². The standard InChI is InChI=1S/C32H33FN6O3S/c1-21-11-12-34-29(13-21)31(40)32-15-23-17-36-39(26-9-6-25(33)7-10-26)30(23)14-24(32)5-8-27(16-32)37(2)43(41,42)28-18-35-38(20-28)19-22-3-4-22/h6-7,9-14,17-18,20,22,27H,3-5,8,15-16,19H2,1-2H3/t27-,32-/m0/s1. The number of rotatable bonds is 8. The van der Waals surface area contributed by atoms with Gasteiger partial charge in [0.15, 0.2) is 5.78 Å². The molecule has 2 atom stereocenters. The minimum atomic E-state index is -3.83. The monoisotopic (exact) mass is 600 g/mol. The smallest absolute Gasteiger partial charge is 0.246 e. The first kappa shape index (κ1) is 27.8. The zero-order chi connectivity index (χ0) is 29.9. The first-order valence-corrected chi connectivity index (χ1v) is 16.1. The summed E-state index contributed by atoms with van der Waals surface area (Å²) >= 11 is 0. The average Bonchev–Trinajstić information content (AvgIpc) is 3.52. The van der Waals surface area contributed by atoms with Gasteiger partial charge in [0.1, 0.15) is 16.4 Å². The van der Waals surface area contributed by atoms with Gasteiger partial charge in [0.25, 0.3) is 0 Å². The molecule has 43 heavy (non-hydrogen) atoms. The maximum Gasteiger partial charge on any atom is 0.246 e. The van der Waals surface area contributed by atoms with Crippen molar-refractivity contribution in [2.45, 2.75) is 62.9 Å². The van der Waals surface area contributed by atoms with E-state index in [0.29, 0.717) is 37.3 Å². The highest BCUT2D eigenvalue weighted by Crippen LogP contribution is 2.51. The average molecular weight is 601 g/mol. The molecular formula is C32H33FN6O3S. The lowest BCUT2D eigenvalue weighted by Gasteiger charge is -2.45. The Balaban J connectivity index is 1.25. The number of halogens is 1. The van der Waals surface area contributed by atoms with E-state index in [4.69, 9.17) is 0 Å². The van der Waals surface area contributed by atoms with Crippen LogP contribution in [-0.4, -0.2) is 56.1 Å². The van der Waals surface area contributed by atoms with Gasteiger partial charge in [-0.25, -0.2) is 17.5 Å². The fourth-order valence-electron chi connectivity index (χ4n) is 6.59. The van der Waals surface area contributed by atoms with Crippen LogP contribution in [0.5, 0.6) is 0 Å². The molecule has 3 aliphatic rings. The lowest BCUT2D eigenvalue weighted by atomic mass is 9.60. The Morgan fingerprint density at radius 3 is 2.65 bits per heavy atom. The molecule has 0 saturated heterocycles. The number of carbonyl (C=O) groups is 1. The molecule has 0 amide bonds. The lowest BCUT2D eigenvalue weighted by Crippen LogP contribution is -2.49. The zero-order valence-electron chi connectivity index (χ0n) is 24.1. The highest BCUT2D eigenvalue weighted by Gasteiger charge is 2.51. The van der Waals surface area contributed by atoms with Crippen molar-refractivity contribution in [1.82, 2.24) is 28.9 Å². The van der Waals surface area contributed by atoms with E-state index in [9.17, 15) is 17.6 Å². The van der Waals surface area contributed by atoms with Gasteiger partial charge in [0, 0.05) is 32.0 Å². The van der Waals surface area contributed by atoms with Gasteiger partial charge in [0.2, 0.25) is 10.0 Å². The number of aromatic nitrogens is 5. The summed E-state index contributed by atoms with van der Waals surface area (Å²) in [4.78, 5) is 19.1. The van der Waals surface area contributed by atoms with Crippen molar-refractivity contribution in [3.8, 4) is 5.69 Å². The predicted octanol–water partition coefficient (Wildman–Crippen LogP) is 5.00. The minimum Gasteiger partial charge on any atom is -0.291 e. The number of pyridine rings is 1. The second-order valence-corrected chi connectivity index (χ2v) is 14.2. The van der Waals surface area contributed by atoms with Gasteiger partial charge in [-0.05, 0) is 105 Å². The summed E-state index contributed by atoms with van der Waals surface area (Å²) in [5.41, 5.74) is 3.71. The van der Waals surface area contributed by atoms with E-state index in [-0.39, 0.29) is 16.5 Å². The number of nitrogens with zero attached hydrogens (tertiary/aromatic N) is 6. The van der Waals surface area contributed by atoms with Crippen molar-refractivity contribution in [1.29, 1.82) is 0 Å². The number of benzene rings is 1. The maximum atomic E-state index is 14.5. The number of aryl methyl sites for hydroxylation is 1. The minimum absolute atomic E-state index is 0.115. The number of sulfonamides is 1. The van der Waals surface area contributed by atoms with Crippen molar-refractivity contribution < 1.29 is 17.6 Å². The summed E-state index contributed by atoms with van der Waals surface area (Å²) in [7, 11) is -2.23. The summed E-state index contributed by atoms with van der Waals surface area (Å²) < 4.78 is 46.1. The van der Waals surface area contributed by atoms with Gasteiger partial charge in [-0.1, -0.05) is 5.57 Å². The number of ketones is 1.